The smallest absolute Gasteiger partial charge is 0.0815 e. The van der Waals surface area contributed by atoms with Crippen LogP contribution < -0.4 is 5.32 Å². The lowest BCUT2D eigenvalue weighted by molar-refractivity contribution is 0.934. The molecule has 0 heterocycles. The summed E-state index contributed by atoms with van der Waals surface area (Å²) >= 11 is 3.63. The molecule has 0 spiro atoms. The highest BCUT2D eigenvalue weighted by atomic mass is 79.9. The van der Waals surface area contributed by atoms with Crippen molar-refractivity contribution in [3.05, 3.63) is 54.1 Å². The van der Waals surface area contributed by atoms with Crippen molar-refractivity contribution < 1.29 is 0 Å². The Bertz CT molecular complexity index is 508. The van der Waals surface area contributed by atoms with E-state index in [2.05, 4.69) is 77.6 Å². The molecule has 0 amide bonds. The van der Waals surface area contributed by atoms with Crippen LogP contribution in [0.3, 0.4) is 0 Å². The Kier molecular flexibility index (Phi) is 4.43. The highest BCUT2D eigenvalue weighted by molar-refractivity contribution is 9.09. The summed E-state index contributed by atoms with van der Waals surface area (Å²) in [6, 6.07) is 16.9. The first-order chi connectivity index (χ1) is 8.72. The van der Waals surface area contributed by atoms with Crippen LogP contribution in [0, 0.1) is 6.92 Å². The van der Waals surface area contributed by atoms with E-state index < -0.39 is 0 Å². The first-order valence-corrected chi connectivity index (χ1v) is 7.19. The van der Waals surface area contributed by atoms with Crippen LogP contribution in [-0.2, 0) is 0 Å². The molecule has 0 aromatic heterocycles. The van der Waals surface area contributed by atoms with Gasteiger partial charge in [0.15, 0.2) is 0 Å². The van der Waals surface area contributed by atoms with E-state index in [9.17, 15) is 0 Å². The molecule has 1 atom stereocenters. The van der Waals surface area contributed by atoms with Crippen LogP contribution >= 0.6 is 15.9 Å². The number of hydrogen-bond donors (Lipinski definition) is 1. The van der Waals surface area contributed by atoms with Crippen molar-refractivity contribution in [3.8, 4) is 11.1 Å². The molecule has 0 saturated carbocycles. The summed E-state index contributed by atoms with van der Waals surface area (Å²) in [6.07, 6.45) is 1.04. The van der Waals surface area contributed by atoms with Crippen LogP contribution in [0.1, 0.15) is 18.9 Å². The lowest BCUT2D eigenvalue weighted by Gasteiger charge is -2.17. The lowest BCUT2D eigenvalue weighted by atomic mass is 9.98. The van der Waals surface area contributed by atoms with Gasteiger partial charge in [-0.25, -0.2) is 0 Å². The van der Waals surface area contributed by atoms with Crippen LogP contribution in [0.5, 0.6) is 0 Å². The maximum atomic E-state index is 3.63. The van der Waals surface area contributed by atoms with Crippen LogP contribution in [-0.4, -0.2) is 4.95 Å². The predicted octanol–water partition coefficient (Wildman–Crippen LogP) is 5.20. The molecule has 2 heteroatoms. The first kappa shape index (κ1) is 13.2. The molecule has 0 aliphatic carbocycles. The molecule has 0 radical (unpaired) electrons. The molecule has 2 rings (SSSR count). The first-order valence-electron chi connectivity index (χ1n) is 6.28. The molecule has 0 bridgehead atoms. The third-order valence-electron chi connectivity index (χ3n) is 3.01. The van der Waals surface area contributed by atoms with E-state index in [1.807, 2.05) is 6.07 Å². The molecule has 1 N–H and O–H groups in total. The second-order valence-corrected chi connectivity index (χ2v) is 5.49. The summed E-state index contributed by atoms with van der Waals surface area (Å²) in [7, 11) is 0. The number of alkyl halides is 1. The minimum Gasteiger partial charge on any atom is -0.372 e. The number of nitrogens with one attached hydrogen (secondary N) is 1. The van der Waals surface area contributed by atoms with Crippen molar-refractivity contribution in [1.82, 2.24) is 0 Å². The van der Waals surface area contributed by atoms with Crippen molar-refractivity contribution in [2.75, 3.05) is 5.32 Å². The lowest BCUT2D eigenvalue weighted by Crippen LogP contribution is -2.11. The molecule has 18 heavy (non-hydrogen) atoms. The largest absolute Gasteiger partial charge is 0.372 e. The summed E-state index contributed by atoms with van der Waals surface area (Å²) in [5.41, 5.74) is 5.02. The number of benzene rings is 2. The van der Waals surface area contributed by atoms with E-state index in [0.29, 0.717) is 4.95 Å². The molecular formula is C16H18BrN. The van der Waals surface area contributed by atoms with Crippen molar-refractivity contribution in [3.63, 3.8) is 0 Å². The van der Waals surface area contributed by atoms with Gasteiger partial charge in [0.05, 0.1) is 4.95 Å². The SMILES string of the molecule is CCC(Br)Nc1cccc(C)c1-c1ccccc1. The van der Waals surface area contributed by atoms with E-state index >= 15 is 0 Å². The zero-order valence-electron chi connectivity index (χ0n) is 10.8. The van der Waals surface area contributed by atoms with Gasteiger partial charge in [0, 0.05) is 11.3 Å². The normalized spacial score (nSPS) is 12.2. The zero-order valence-corrected chi connectivity index (χ0v) is 12.4. The van der Waals surface area contributed by atoms with Crippen LogP contribution in [0.4, 0.5) is 5.69 Å². The molecular weight excluding hydrogens is 286 g/mol. The number of halogens is 1. The summed E-state index contributed by atoms with van der Waals surface area (Å²) < 4.78 is 0. The van der Waals surface area contributed by atoms with E-state index in [-0.39, 0.29) is 0 Å². The second-order valence-electron chi connectivity index (χ2n) is 4.38. The molecule has 1 unspecified atom stereocenters. The Labute approximate surface area is 117 Å². The molecule has 94 valence electrons. The van der Waals surface area contributed by atoms with Gasteiger partial charge in [-0.15, -0.1) is 0 Å². The number of anilines is 1. The van der Waals surface area contributed by atoms with E-state index in [4.69, 9.17) is 0 Å². The summed E-state index contributed by atoms with van der Waals surface area (Å²) in [5.74, 6) is 0. The summed E-state index contributed by atoms with van der Waals surface area (Å²) in [5, 5.41) is 3.52. The third-order valence-corrected chi connectivity index (χ3v) is 3.88. The van der Waals surface area contributed by atoms with Crippen LogP contribution in [0.25, 0.3) is 11.1 Å². The van der Waals surface area contributed by atoms with Gasteiger partial charge >= 0.3 is 0 Å². The Morgan fingerprint density at radius 2 is 1.78 bits per heavy atom. The Morgan fingerprint density at radius 3 is 2.44 bits per heavy atom. The van der Waals surface area contributed by atoms with E-state index in [1.54, 1.807) is 0 Å². The highest BCUT2D eigenvalue weighted by Gasteiger charge is 2.09. The average Bonchev–Trinajstić information content (AvgIpc) is 2.40. The van der Waals surface area contributed by atoms with Crippen molar-refractivity contribution >= 4 is 21.6 Å². The third kappa shape index (κ3) is 2.94. The van der Waals surface area contributed by atoms with Gasteiger partial charge < -0.3 is 5.32 Å². The quantitative estimate of drug-likeness (QED) is 0.604. The number of hydrogen-bond acceptors (Lipinski definition) is 1. The van der Waals surface area contributed by atoms with Crippen molar-refractivity contribution in [1.29, 1.82) is 0 Å². The van der Waals surface area contributed by atoms with Gasteiger partial charge in [0.1, 0.15) is 0 Å². The van der Waals surface area contributed by atoms with Crippen LogP contribution in [0.2, 0.25) is 0 Å². The molecule has 0 aliphatic rings. The Hall–Kier alpha value is -1.28. The monoisotopic (exact) mass is 303 g/mol. The fraction of sp³-hybridized carbons (Fsp3) is 0.250. The van der Waals surface area contributed by atoms with Crippen molar-refractivity contribution in [2.45, 2.75) is 25.2 Å². The molecule has 0 fully saturated rings. The van der Waals surface area contributed by atoms with Gasteiger partial charge in [0.25, 0.3) is 0 Å². The molecule has 2 aromatic rings. The highest BCUT2D eigenvalue weighted by Crippen LogP contribution is 2.32. The molecule has 0 saturated heterocycles. The molecule has 1 nitrogen and oxygen atoms in total. The molecule has 0 aliphatic heterocycles. The number of rotatable bonds is 4. The number of aryl methyl sites for hydroxylation is 1. The Balaban J connectivity index is 2.45. The maximum Gasteiger partial charge on any atom is 0.0815 e. The van der Waals surface area contributed by atoms with Gasteiger partial charge in [-0.05, 0) is 30.5 Å². The van der Waals surface area contributed by atoms with E-state index in [1.165, 1.54) is 22.4 Å². The standard InChI is InChI=1S/C16H18BrN/c1-3-15(17)18-14-11-7-8-12(2)16(14)13-9-5-4-6-10-13/h4-11,15,18H,3H2,1-2H3. The van der Waals surface area contributed by atoms with Gasteiger partial charge in [-0.1, -0.05) is 65.3 Å². The fourth-order valence-corrected chi connectivity index (χ4v) is 2.29. The minimum absolute atomic E-state index is 0.307. The van der Waals surface area contributed by atoms with Gasteiger partial charge in [-0.2, -0.15) is 0 Å². The average molecular weight is 304 g/mol. The van der Waals surface area contributed by atoms with Gasteiger partial charge in [-0.3, -0.25) is 0 Å². The minimum atomic E-state index is 0.307. The van der Waals surface area contributed by atoms with Gasteiger partial charge in [0.2, 0.25) is 0 Å². The van der Waals surface area contributed by atoms with Crippen molar-refractivity contribution in [2.24, 2.45) is 0 Å². The fourth-order valence-electron chi connectivity index (χ4n) is 2.05. The summed E-state index contributed by atoms with van der Waals surface area (Å²) in [6.45, 7) is 4.31. The van der Waals surface area contributed by atoms with E-state index in [0.717, 1.165) is 6.42 Å². The topological polar surface area (TPSA) is 12.0 Å². The maximum absolute atomic E-state index is 3.63. The van der Waals surface area contributed by atoms with Crippen LogP contribution in [0.15, 0.2) is 48.5 Å². The predicted molar refractivity (Wildman–Crippen MR) is 83.2 cm³/mol. The summed E-state index contributed by atoms with van der Waals surface area (Å²) in [4.78, 5) is 0.307. The zero-order chi connectivity index (χ0) is 13.0. The second kappa shape index (κ2) is 6.05. The Morgan fingerprint density at radius 1 is 1.06 bits per heavy atom. The molecule has 2 aromatic carbocycles.